The van der Waals surface area contributed by atoms with E-state index in [-0.39, 0.29) is 60.7 Å². The molecule has 14 nitrogen and oxygen atoms in total. The summed E-state index contributed by atoms with van der Waals surface area (Å²) in [4.78, 5) is 87.5. The van der Waals surface area contributed by atoms with E-state index in [0.717, 1.165) is 11.3 Å². The fraction of sp³-hybridized carbons (Fsp3) is 0.586. The Kier molecular flexibility index (Phi) is 13.8. The summed E-state index contributed by atoms with van der Waals surface area (Å²) < 4.78 is 0. The van der Waals surface area contributed by atoms with E-state index < -0.39 is 48.3 Å². The standard InChI is InChI=1S/C29H42N6O8S/c1-6-16(4)18(10-22(36)19(30)9-17-12-31-14-32-17)28(41)35(5)26(15(2)3)23(37)11-24-33-21(13-44-24)27(40)34-20(29(42)43)7-8-25(38)39/h12-16,18-20,26H,6-11,30H2,1-5H3,(H,31,32)(H,34,40)(H,38,39)(H,42,43)/t16?,18-,19?,20-,26-/m0/s1. The lowest BCUT2D eigenvalue weighted by Crippen LogP contribution is -2.50. The quantitative estimate of drug-likeness (QED) is 0.149. The van der Waals surface area contributed by atoms with Crippen LogP contribution < -0.4 is 11.1 Å². The summed E-state index contributed by atoms with van der Waals surface area (Å²) in [6.07, 6.45) is 2.99. The van der Waals surface area contributed by atoms with E-state index in [9.17, 15) is 33.9 Å². The second kappa shape index (κ2) is 16.8. The summed E-state index contributed by atoms with van der Waals surface area (Å²) >= 11 is 1.03. The number of rotatable bonds is 19. The van der Waals surface area contributed by atoms with Gasteiger partial charge in [-0.1, -0.05) is 34.1 Å². The van der Waals surface area contributed by atoms with Crippen molar-refractivity contribution in [3.63, 3.8) is 0 Å². The van der Waals surface area contributed by atoms with Gasteiger partial charge in [0.25, 0.3) is 5.91 Å². The molecule has 2 heterocycles. The molecule has 44 heavy (non-hydrogen) atoms. The molecule has 0 fully saturated rings. The first-order chi connectivity index (χ1) is 20.7. The number of likely N-dealkylation sites (N-methyl/N-ethyl adjacent to an activating group) is 1. The number of H-pyrrole nitrogens is 1. The molecular formula is C29H42N6O8S. The van der Waals surface area contributed by atoms with Crippen molar-refractivity contribution < 1.29 is 39.0 Å². The van der Waals surface area contributed by atoms with Crippen molar-refractivity contribution in [2.24, 2.45) is 23.5 Å². The number of aromatic nitrogens is 3. The molecule has 242 valence electrons. The molecule has 15 heteroatoms. The third-order valence-electron chi connectivity index (χ3n) is 7.56. The number of nitrogens with one attached hydrogen (secondary N) is 2. The first-order valence-electron chi connectivity index (χ1n) is 14.4. The molecule has 2 rings (SSSR count). The Morgan fingerprint density at radius 2 is 1.80 bits per heavy atom. The van der Waals surface area contributed by atoms with Gasteiger partial charge in [-0.25, -0.2) is 14.8 Å². The van der Waals surface area contributed by atoms with Crippen molar-refractivity contribution >= 4 is 46.7 Å². The topological polar surface area (TPSA) is 226 Å². The van der Waals surface area contributed by atoms with Crippen LogP contribution in [0.4, 0.5) is 0 Å². The molecule has 2 unspecified atom stereocenters. The maximum Gasteiger partial charge on any atom is 0.326 e. The van der Waals surface area contributed by atoms with Gasteiger partial charge >= 0.3 is 11.9 Å². The van der Waals surface area contributed by atoms with E-state index in [2.05, 4.69) is 20.3 Å². The molecule has 0 saturated carbocycles. The van der Waals surface area contributed by atoms with Crippen LogP contribution in [-0.2, 0) is 36.8 Å². The van der Waals surface area contributed by atoms with Crippen molar-refractivity contribution in [2.75, 3.05) is 7.05 Å². The Bertz CT molecular complexity index is 1310. The summed E-state index contributed by atoms with van der Waals surface area (Å²) in [5, 5.41) is 22.0. The number of aliphatic carboxylic acids is 2. The van der Waals surface area contributed by atoms with Gasteiger partial charge < -0.3 is 31.1 Å². The zero-order valence-electron chi connectivity index (χ0n) is 25.6. The third-order valence-corrected chi connectivity index (χ3v) is 8.41. The number of hydrogen-bond donors (Lipinski definition) is 5. The average molecular weight is 635 g/mol. The number of carbonyl (C=O) groups is 6. The van der Waals surface area contributed by atoms with Crippen molar-refractivity contribution in [1.82, 2.24) is 25.2 Å². The van der Waals surface area contributed by atoms with Gasteiger partial charge in [0.1, 0.15) is 16.7 Å². The molecule has 0 aliphatic rings. The number of thiazole rings is 1. The smallest absolute Gasteiger partial charge is 0.326 e. The van der Waals surface area contributed by atoms with Gasteiger partial charge in [0.2, 0.25) is 5.91 Å². The minimum absolute atomic E-state index is 0.0682. The van der Waals surface area contributed by atoms with E-state index in [1.165, 1.54) is 16.6 Å². The van der Waals surface area contributed by atoms with E-state index in [1.807, 2.05) is 13.8 Å². The monoisotopic (exact) mass is 634 g/mol. The van der Waals surface area contributed by atoms with Crippen LogP contribution in [0.3, 0.4) is 0 Å². The molecule has 0 aliphatic heterocycles. The van der Waals surface area contributed by atoms with Gasteiger partial charge in [-0.15, -0.1) is 11.3 Å². The highest BCUT2D eigenvalue weighted by Crippen LogP contribution is 2.26. The zero-order valence-corrected chi connectivity index (χ0v) is 26.4. The molecule has 0 bridgehead atoms. The molecule has 5 atom stereocenters. The number of nitrogens with two attached hydrogens (primary N) is 1. The molecule has 0 spiro atoms. The Labute approximate surface area is 259 Å². The first kappa shape index (κ1) is 36.2. The van der Waals surface area contributed by atoms with Gasteiger partial charge in [-0.05, 0) is 18.3 Å². The van der Waals surface area contributed by atoms with Crippen LogP contribution in [0.1, 0.15) is 74.6 Å². The summed E-state index contributed by atoms with van der Waals surface area (Å²) in [6, 6.07) is -3.07. The number of imidazole rings is 1. The zero-order chi connectivity index (χ0) is 33.1. The van der Waals surface area contributed by atoms with E-state index in [1.54, 1.807) is 27.1 Å². The minimum atomic E-state index is -1.42. The van der Waals surface area contributed by atoms with Crippen LogP contribution in [0.15, 0.2) is 17.9 Å². The number of ketones is 2. The predicted molar refractivity (Wildman–Crippen MR) is 161 cm³/mol. The van der Waals surface area contributed by atoms with E-state index >= 15 is 0 Å². The molecule has 0 aromatic carbocycles. The number of amides is 2. The largest absolute Gasteiger partial charge is 0.481 e. The van der Waals surface area contributed by atoms with Gasteiger partial charge in [-0.2, -0.15) is 0 Å². The highest BCUT2D eigenvalue weighted by Gasteiger charge is 2.37. The third kappa shape index (κ3) is 10.3. The van der Waals surface area contributed by atoms with E-state index in [4.69, 9.17) is 10.8 Å². The fourth-order valence-corrected chi connectivity index (χ4v) is 5.66. The lowest BCUT2D eigenvalue weighted by molar-refractivity contribution is -0.145. The van der Waals surface area contributed by atoms with Gasteiger partial charge in [-0.3, -0.25) is 24.0 Å². The lowest BCUT2D eigenvalue weighted by atomic mass is 9.83. The van der Waals surface area contributed by atoms with Gasteiger partial charge in [0.15, 0.2) is 11.6 Å². The van der Waals surface area contributed by atoms with Gasteiger partial charge in [0, 0.05) is 49.5 Å². The number of carboxylic acids is 2. The molecule has 0 saturated heterocycles. The summed E-state index contributed by atoms with van der Waals surface area (Å²) in [5.74, 6) is -5.41. The highest BCUT2D eigenvalue weighted by molar-refractivity contribution is 7.10. The van der Waals surface area contributed by atoms with Crippen LogP contribution in [-0.4, -0.2) is 90.6 Å². The van der Waals surface area contributed by atoms with Crippen LogP contribution in [0.5, 0.6) is 0 Å². The van der Waals surface area contributed by atoms with Crippen LogP contribution >= 0.6 is 11.3 Å². The molecule has 2 aromatic rings. The maximum absolute atomic E-state index is 13.8. The SMILES string of the molecule is CCC(C)[C@H](CC(=O)C(N)Cc1cnc[nH]1)C(=O)N(C)[C@H](C(=O)Cc1nc(C(=O)N[C@@H](CCC(=O)O)C(=O)O)cs1)C(C)C. The second-order valence-corrected chi connectivity index (χ2v) is 12.2. The Balaban J connectivity index is 2.13. The van der Waals surface area contributed by atoms with Crippen molar-refractivity contribution in [3.8, 4) is 0 Å². The molecule has 6 N–H and O–H groups in total. The second-order valence-electron chi connectivity index (χ2n) is 11.3. The van der Waals surface area contributed by atoms with Crippen molar-refractivity contribution in [2.45, 2.75) is 84.3 Å². The summed E-state index contributed by atoms with van der Waals surface area (Å²) in [5.41, 5.74) is 6.75. The minimum Gasteiger partial charge on any atom is -0.481 e. The predicted octanol–water partition coefficient (Wildman–Crippen LogP) is 1.70. The maximum atomic E-state index is 13.8. The molecule has 0 radical (unpaired) electrons. The number of carbonyl (C=O) groups excluding carboxylic acids is 4. The molecule has 2 amide bonds. The number of hydrogen-bond acceptors (Lipinski definition) is 10. The summed E-state index contributed by atoms with van der Waals surface area (Å²) in [6.45, 7) is 7.42. The molecule has 2 aromatic heterocycles. The summed E-state index contributed by atoms with van der Waals surface area (Å²) in [7, 11) is 1.54. The fourth-order valence-electron chi connectivity index (χ4n) is 4.87. The normalized spacial score (nSPS) is 14.7. The van der Waals surface area contributed by atoms with Crippen molar-refractivity contribution in [1.29, 1.82) is 0 Å². The molecular weight excluding hydrogens is 592 g/mol. The number of aromatic amines is 1. The van der Waals surface area contributed by atoms with Crippen LogP contribution in [0.2, 0.25) is 0 Å². The molecule has 0 aliphatic carbocycles. The number of carboxylic acid groups (broad SMARTS) is 2. The average Bonchev–Trinajstić information content (AvgIpc) is 3.64. The number of Topliss-reactive ketones (excluding diaryl/α,β-unsaturated/α-hetero) is 2. The van der Waals surface area contributed by atoms with Gasteiger partial charge in [0.05, 0.1) is 24.8 Å². The lowest BCUT2D eigenvalue weighted by Gasteiger charge is -2.34. The van der Waals surface area contributed by atoms with Crippen molar-refractivity contribution in [3.05, 3.63) is 34.3 Å². The Morgan fingerprint density at radius 1 is 1.11 bits per heavy atom. The number of nitrogens with zero attached hydrogens (tertiary/aromatic N) is 3. The Hall–Kier alpha value is -3.98. The van der Waals surface area contributed by atoms with E-state index in [0.29, 0.717) is 17.1 Å². The van der Waals surface area contributed by atoms with Crippen LogP contribution in [0.25, 0.3) is 0 Å². The Morgan fingerprint density at radius 3 is 2.34 bits per heavy atom. The first-order valence-corrected chi connectivity index (χ1v) is 15.3. The highest BCUT2D eigenvalue weighted by atomic mass is 32.1. The van der Waals surface area contributed by atoms with Crippen LogP contribution in [0, 0.1) is 17.8 Å².